The van der Waals surface area contributed by atoms with Crippen molar-refractivity contribution in [3.05, 3.63) is 52.1 Å². The molecule has 1 aliphatic heterocycles. The molecule has 0 spiro atoms. The van der Waals surface area contributed by atoms with Crippen molar-refractivity contribution in [3.63, 3.8) is 0 Å². The lowest BCUT2D eigenvalue weighted by Crippen LogP contribution is -2.49. The summed E-state index contributed by atoms with van der Waals surface area (Å²) in [7, 11) is 0. The molecule has 2 fully saturated rings. The molecule has 1 aliphatic carbocycles. The molecule has 8 heteroatoms. The Bertz CT molecular complexity index is 1200. The highest BCUT2D eigenvalue weighted by Gasteiger charge is 2.31. The van der Waals surface area contributed by atoms with E-state index in [1.54, 1.807) is 15.8 Å². The van der Waals surface area contributed by atoms with Crippen LogP contribution in [0.2, 0.25) is 0 Å². The highest BCUT2D eigenvalue weighted by Crippen LogP contribution is 2.41. The van der Waals surface area contributed by atoms with Crippen molar-refractivity contribution < 1.29 is 9.53 Å². The molecule has 2 aliphatic rings. The molecule has 31 heavy (non-hydrogen) atoms. The summed E-state index contributed by atoms with van der Waals surface area (Å²) in [5, 5.41) is 9.96. The summed E-state index contributed by atoms with van der Waals surface area (Å²) < 4.78 is 8.76. The second-order valence-electron chi connectivity index (χ2n) is 8.78. The van der Waals surface area contributed by atoms with E-state index in [4.69, 9.17) is 4.74 Å². The number of fused-ring (bicyclic) bond motifs is 1. The van der Waals surface area contributed by atoms with Gasteiger partial charge in [-0.15, -0.1) is 0 Å². The first kappa shape index (κ1) is 19.9. The van der Waals surface area contributed by atoms with Gasteiger partial charge in [-0.05, 0) is 45.2 Å². The van der Waals surface area contributed by atoms with Gasteiger partial charge in [0.1, 0.15) is 12.1 Å². The van der Waals surface area contributed by atoms with Gasteiger partial charge in [-0.1, -0.05) is 18.2 Å². The van der Waals surface area contributed by atoms with Gasteiger partial charge in [0, 0.05) is 24.4 Å². The Morgan fingerprint density at radius 2 is 1.87 bits per heavy atom. The first-order chi connectivity index (χ1) is 14.9. The van der Waals surface area contributed by atoms with Crippen molar-refractivity contribution in [1.29, 1.82) is 0 Å². The summed E-state index contributed by atoms with van der Waals surface area (Å²) in [5.74, 6) is 0.210. The third kappa shape index (κ3) is 3.65. The van der Waals surface area contributed by atoms with Gasteiger partial charge in [0.05, 0.1) is 29.8 Å². The number of carbonyl (C=O) groups is 1. The zero-order valence-electron chi connectivity index (χ0n) is 18.1. The van der Waals surface area contributed by atoms with Crippen molar-refractivity contribution in [1.82, 2.24) is 24.5 Å². The molecule has 1 aromatic carbocycles. The van der Waals surface area contributed by atoms with Crippen LogP contribution < -0.4 is 5.56 Å². The summed E-state index contributed by atoms with van der Waals surface area (Å²) in [5.41, 5.74) is 2.95. The summed E-state index contributed by atoms with van der Waals surface area (Å²) in [6, 6.07) is 7.84. The minimum absolute atomic E-state index is 0.0237. The van der Waals surface area contributed by atoms with E-state index in [0.29, 0.717) is 24.5 Å². The molecular weight excluding hydrogens is 394 g/mol. The largest absolute Gasteiger partial charge is 0.372 e. The fraction of sp³-hybridized carbons (Fsp3) is 0.478. The molecule has 1 saturated carbocycles. The SMILES string of the molecule is Cc1ccccc1-n1ncc2c(C3CC3)nn(CC(=O)N3CC(C)OC(C)C3)c(=O)c21. The number of ether oxygens (including phenoxy) is 1. The second-order valence-corrected chi connectivity index (χ2v) is 8.78. The average Bonchev–Trinajstić information content (AvgIpc) is 3.48. The quantitative estimate of drug-likeness (QED) is 0.646. The van der Waals surface area contributed by atoms with Crippen LogP contribution in [0.3, 0.4) is 0 Å². The molecule has 8 nitrogen and oxygen atoms in total. The minimum Gasteiger partial charge on any atom is -0.372 e. The molecule has 5 rings (SSSR count). The van der Waals surface area contributed by atoms with E-state index in [9.17, 15) is 9.59 Å². The van der Waals surface area contributed by atoms with E-state index in [2.05, 4.69) is 10.2 Å². The number of morpholine rings is 1. The molecule has 0 N–H and O–H groups in total. The maximum Gasteiger partial charge on any atom is 0.293 e. The number of nitrogens with zero attached hydrogens (tertiary/aromatic N) is 5. The van der Waals surface area contributed by atoms with Crippen LogP contribution in [-0.4, -0.2) is 55.7 Å². The maximum absolute atomic E-state index is 13.5. The van der Waals surface area contributed by atoms with E-state index < -0.39 is 0 Å². The number of rotatable bonds is 4. The molecule has 1 amide bonds. The summed E-state index contributed by atoms with van der Waals surface area (Å²) in [4.78, 5) is 28.3. The lowest BCUT2D eigenvalue weighted by atomic mass is 10.1. The topological polar surface area (TPSA) is 82.2 Å². The Morgan fingerprint density at radius 3 is 2.55 bits per heavy atom. The molecule has 2 unspecified atom stereocenters. The molecule has 2 atom stereocenters. The van der Waals surface area contributed by atoms with Gasteiger partial charge < -0.3 is 9.64 Å². The maximum atomic E-state index is 13.5. The lowest BCUT2D eigenvalue weighted by Gasteiger charge is -2.35. The molecule has 162 valence electrons. The van der Waals surface area contributed by atoms with Gasteiger partial charge >= 0.3 is 0 Å². The molecule has 2 aromatic heterocycles. The molecule has 3 aromatic rings. The molecule has 1 saturated heterocycles. The summed E-state index contributed by atoms with van der Waals surface area (Å²) >= 11 is 0. The monoisotopic (exact) mass is 421 g/mol. The normalized spacial score (nSPS) is 21.6. The first-order valence-corrected chi connectivity index (χ1v) is 10.9. The molecule has 3 heterocycles. The fourth-order valence-electron chi connectivity index (χ4n) is 4.45. The van der Waals surface area contributed by atoms with Gasteiger partial charge in [0.25, 0.3) is 5.56 Å². The zero-order chi connectivity index (χ0) is 21.7. The average molecular weight is 422 g/mol. The second kappa shape index (κ2) is 7.60. The van der Waals surface area contributed by atoms with Gasteiger partial charge in [-0.2, -0.15) is 10.2 Å². The Hall–Kier alpha value is -3.00. The summed E-state index contributed by atoms with van der Waals surface area (Å²) in [6.07, 6.45) is 3.78. The number of amides is 1. The van der Waals surface area contributed by atoms with Crippen LogP contribution >= 0.6 is 0 Å². The van der Waals surface area contributed by atoms with Crippen LogP contribution in [0.1, 0.15) is 43.9 Å². The van der Waals surface area contributed by atoms with Crippen molar-refractivity contribution in [2.45, 2.75) is 58.3 Å². The number of benzene rings is 1. The van der Waals surface area contributed by atoms with Crippen molar-refractivity contribution in [2.24, 2.45) is 0 Å². The van der Waals surface area contributed by atoms with E-state index >= 15 is 0 Å². The van der Waals surface area contributed by atoms with E-state index in [1.807, 2.05) is 45.0 Å². The molecule has 0 bridgehead atoms. The van der Waals surface area contributed by atoms with Crippen LogP contribution in [0.4, 0.5) is 0 Å². The van der Waals surface area contributed by atoms with Gasteiger partial charge in [0.15, 0.2) is 0 Å². The predicted octanol–water partition coefficient (Wildman–Crippen LogP) is 2.40. The number of hydrogen-bond acceptors (Lipinski definition) is 5. The molecular formula is C23H27N5O3. The van der Waals surface area contributed by atoms with Crippen LogP contribution in [0.5, 0.6) is 0 Å². The van der Waals surface area contributed by atoms with E-state index in [1.165, 1.54) is 4.68 Å². The van der Waals surface area contributed by atoms with Crippen molar-refractivity contribution in [2.75, 3.05) is 13.1 Å². The number of hydrogen-bond donors (Lipinski definition) is 0. The predicted molar refractivity (Wildman–Crippen MR) is 116 cm³/mol. The summed E-state index contributed by atoms with van der Waals surface area (Å²) in [6.45, 7) is 6.88. The highest BCUT2D eigenvalue weighted by molar-refractivity contribution is 5.83. The van der Waals surface area contributed by atoms with Gasteiger partial charge in [-0.3, -0.25) is 9.59 Å². The van der Waals surface area contributed by atoms with Gasteiger partial charge in [0.2, 0.25) is 5.91 Å². The lowest BCUT2D eigenvalue weighted by molar-refractivity contribution is -0.144. The van der Waals surface area contributed by atoms with E-state index in [0.717, 1.165) is 35.2 Å². The smallest absolute Gasteiger partial charge is 0.293 e. The zero-order valence-corrected chi connectivity index (χ0v) is 18.1. The number of aromatic nitrogens is 4. The third-order valence-electron chi connectivity index (χ3n) is 6.08. The molecule has 0 radical (unpaired) electrons. The van der Waals surface area contributed by atoms with Crippen LogP contribution in [-0.2, 0) is 16.1 Å². The fourth-order valence-corrected chi connectivity index (χ4v) is 4.45. The first-order valence-electron chi connectivity index (χ1n) is 10.9. The highest BCUT2D eigenvalue weighted by atomic mass is 16.5. The van der Waals surface area contributed by atoms with Crippen LogP contribution in [0.25, 0.3) is 16.6 Å². The Kier molecular flexibility index (Phi) is 4.89. The Labute approximate surface area is 180 Å². The number of aryl methyl sites for hydroxylation is 1. The Balaban J connectivity index is 1.58. The Morgan fingerprint density at radius 1 is 1.16 bits per heavy atom. The van der Waals surface area contributed by atoms with Crippen LogP contribution in [0.15, 0.2) is 35.3 Å². The third-order valence-corrected chi connectivity index (χ3v) is 6.08. The minimum atomic E-state index is -0.289. The number of carbonyl (C=O) groups excluding carboxylic acids is 1. The standard InChI is InChI=1S/C23H27N5O3/c1-14-6-4-5-7-19(14)28-22-18(10-24-28)21(17-8-9-17)25-27(23(22)30)13-20(29)26-11-15(2)31-16(3)12-26/h4-7,10,15-17H,8-9,11-13H2,1-3H3. The van der Waals surface area contributed by atoms with Crippen LogP contribution in [0, 0.1) is 6.92 Å². The number of para-hydroxylation sites is 1. The van der Waals surface area contributed by atoms with E-state index in [-0.39, 0.29) is 30.2 Å². The van der Waals surface area contributed by atoms with Crippen molar-refractivity contribution >= 4 is 16.8 Å². The van der Waals surface area contributed by atoms with Crippen molar-refractivity contribution in [3.8, 4) is 5.69 Å². The van der Waals surface area contributed by atoms with Gasteiger partial charge in [-0.25, -0.2) is 9.36 Å².